The maximum absolute atomic E-state index is 10.3. The molecule has 1 heterocycles. The first kappa shape index (κ1) is 15.0. The van der Waals surface area contributed by atoms with Crippen LogP contribution in [0.4, 0.5) is 0 Å². The Morgan fingerprint density at radius 3 is 2.56 bits per heavy atom. The van der Waals surface area contributed by atoms with Gasteiger partial charge in [-0.05, 0) is 30.7 Å². The van der Waals surface area contributed by atoms with Gasteiger partial charge < -0.3 is 9.84 Å². The first-order chi connectivity index (χ1) is 8.34. The van der Waals surface area contributed by atoms with Gasteiger partial charge in [-0.2, -0.15) is 0 Å². The number of hydrogen-bond acceptors (Lipinski definition) is 3. The van der Waals surface area contributed by atoms with E-state index in [1.807, 2.05) is 13.0 Å². The molecule has 3 nitrogen and oxygen atoms in total. The lowest BCUT2D eigenvalue weighted by atomic mass is 9.78. The highest BCUT2D eigenvalue weighted by atomic mass is 16.5. The van der Waals surface area contributed by atoms with Crippen molar-refractivity contribution in [1.29, 1.82) is 0 Å². The molecule has 0 amide bonds. The van der Waals surface area contributed by atoms with Crippen LogP contribution in [-0.4, -0.2) is 16.7 Å². The third kappa shape index (κ3) is 4.30. The lowest BCUT2D eigenvalue weighted by Crippen LogP contribution is -2.19. The maximum atomic E-state index is 10.3. The molecule has 0 aliphatic carbocycles. The summed E-state index contributed by atoms with van der Waals surface area (Å²) in [4.78, 5) is 4.11. The molecule has 0 saturated heterocycles. The normalized spacial score (nSPS) is 15.2. The van der Waals surface area contributed by atoms with Crippen molar-refractivity contribution < 1.29 is 9.84 Å². The Bertz CT molecular complexity index is 371. The molecular formula is C15H25NO2. The first-order valence-corrected chi connectivity index (χ1v) is 6.60. The van der Waals surface area contributed by atoms with Gasteiger partial charge in [-0.15, -0.1) is 0 Å². The molecular weight excluding hydrogens is 226 g/mol. The summed E-state index contributed by atoms with van der Waals surface area (Å²) in [6.45, 7) is 11.3. The van der Waals surface area contributed by atoms with Crippen LogP contribution in [0.1, 0.15) is 52.7 Å². The molecule has 1 aromatic heterocycles. The van der Waals surface area contributed by atoms with Gasteiger partial charge in [0.1, 0.15) is 5.75 Å². The van der Waals surface area contributed by atoms with E-state index in [4.69, 9.17) is 4.74 Å². The predicted molar refractivity (Wildman–Crippen MR) is 73.6 cm³/mol. The Labute approximate surface area is 110 Å². The number of pyridine rings is 1. The smallest absolute Gasteiger partial charge is 0.137 e. The van der Waals surface area contributed by atoms with E-state index in [0.29, 0.717) is 12.5 Å². The minimum Gasteiger partial charge on any atom is -0.492 e. The Kier molecular flexibility index (Phi) is 5.15. The van der Waals surface area contributed by atoms with Crippen molar-refractivity contribution in [2.24, 2.45) is 11.3 Å². The summed E-state index contributed by atoms with van der Waals surface area (Å²) >= 11 is 0. The molecule has 0 radical (unpaired) electrons. The number of hydrogen-bond donors (Lipinski definition) is 1. The molecule has 0 aliphatic rings. The standard InChI is InChI=1S/C15H25NO2/c1-6-18-13-8-12(9-16-10-13)14(17)7-11(2)15(3,4)5/h8-11,14,17H,6-7H2,1-5H3. The molecule has 1 aromatic rings. The highest BCUT2D eigenvalue weighted by Crippen LogP contribution is 2.33. The van der Waals surface area contributed by atoms with Crippen LogP contribution in [0.2, 0.25) is 0 Å². The first-order valence-electron chi connectivity index (χ1n) is 6.60. The fraction of sp³-hybridized carbons (Fsp3) is 0.667. The van der Waals surface area contributed by atoms with Crippen molar-refractivity contribution in [2.45, 2.75) is 47.1 Å². The molecule has 2 unspecified atom stereocenters. The van der Waals surface area contributed by atoms with Crippen LogP contribution in [0.25, 0.3) is 0 Å². The molecule has 0 aromatic carbocycles. The number of rotatable bonds is 5. The second-order valence-electron chi connectivity index (χ2n) is 5.91. The monoisotopic (exact) mass is 251 g/mol. The fourth-order valence-electron chi connectivity index (χ4n) is 1.69. The Balaban J connectivity index is 2.72. The summed E-state index contributed by atoms with van der Waals surface area (Å²) in [5, 5.41) is 10.3. The van der Waals surface area contributed by atoms with Crippen LogP contribution in [0, 0.1) is 11.3 Å². The van der Waals surface area contributed by atoms with Crippen molar-refractivity contribution in [2.75, 3.05) is 6.61 Å². The maximum Gasteiger partial charge on any atom is 0.137 e. The van der Waals surface area contributed by atoms with Gasteiger partial charge in [-0.1, -0.05) is 27.7 Å². The largest absolute Gasteiger partial charge is 0.492 e. The van der Waals surface area contributed by atoms with E-state index in [-0.39, 0.29) is 5.41 Å². The molecule has 0 saturated carbocycles. The van der Waals surface area contributed by atoms with E-state index in [1.54, 1.807) is 12.4 Å². The predicted octanol–water partition coefficient (Wildman–Crippen LogP) is 3.59. The van der Waals surface area contributed by atoms with Crippen molar-refractivity contribution >= 4 is 0 Å². The van der Waals surface area contributed by atoms with Gasteiger partial charge in [-0.3, -0.25) is 4.98 Å². The Morgan fingerprint density at radius 2 is 2.00 bits per heavy atom. The SMILES string of the molecule is CCOc1cncc(C(O)CC(C)C(C)(C)C)c1. The summed E-state index contributed by atoms with van der Waals surface area (Å²) in [5.41, 5.74) is 1.03. The van der Waals surface area contributed by atoms with Crippen LogP contribution in [0.5, 0.6) is 5.75 Å². The zero-order valence-electron chi connectivity index (χ0n) is 12.1. The van der Waals surface area contributed by atoms with Gasteiger partial charge >= 0.3 is 0 Å². The highest BCUT2D eigenvalue weighted by molar-refractivity contribution is 5.25. The number of aliphatic hydroxyl groups excluding tert-OH is 1. The summed E-state index contributed by atoms with van der Waals surface area (Å²) < 4.78 is 5.40. The quantitative estimate of drug-likeness (QED) is 0.869. The number of ether oxygens (including phenoxy) is 1. The van der Waals surface area contributed by atoms with Crippen LogP contribution in [-0.2, 0) is 0 Å². The van der Waals surface area contributed by atoms with Crippen molar-refractivity contribution in [3.63, 3.8) is 0 Å². The molecule has 1 N–H and O–H groups in total. The van der Waals surface area contributed by atoms with Crippen LogP contribution >= 0.6 is 0 Å². The molecule has 0 spiro atoms. The van der Waals surface area contributed by atoms with Gasteiger partial charge in [0, 0.05) is 11.8 Å². The lowest BCUT2D eigenvalue weighted by Gasteiger charge is -2.29. The van der Waals surface area contributed by atoms with Crippen molar-refractivity contribution in [1.82, 2.24) is 4.98 Å². The Morgan fingerprint density at radius 1 is 1.33 bits per heavy atom. The topological polar surface area (TPSA) is 42.4 Å². The minimum atomic E-state index is -0.480. The zero-order chi connectivity index (χ0) is 13.8. The third-order valence-corrected chi connectivity index (χ3v) is 3.49. The lowest BCUT2D eigenvalue weighted by molar-refractivity contribution is 0.110. The highest BCUT2D eigenvalue weighted by Gasteiger charge is 2.23. The zero-order valence-corrected chi connectivity index (χ0v) is 12.1. The third-order valence-electron chi connectivity index (χ3n) is 3.49. The van der Waals surface area contributed by atoms with Gasteiger partial charge in [0.05, 0.1) is 18.9 Å². The van der Waals surface area contributed by atoms with Gasteiger partial charge in [0.2, 0.25) is 0 Å². The molecule has 18 heavy (non-hydrogen) atoms. The second-order valence-corrected chi connectivity index (χ2v) is 5.91. The summed E-state index contributed by atoms with van der Waals surface area (Å²) in [6, 6.07) is 1.87. The summed E-state index contributed by atoms with van der Waals surface area (Å²) in [5.74, 6) is 1.15. The molecule has 0 aliphatic heterocycles. The molecule has 2 atom stereocenters. The average molecular weight is 251 g/mol. The molecule has 3 heteroatoms. The van der Waals surface area contributed by atoms with Crippen molar-refractivity contribution in [3.8, 4) is 5.75 Å². The Hall–Kier alpha value is -1.09. The van der Waals surface area contributed by atoms with E-state index in [9.17, 15) is 5.11 Å². The van der Waals surface area contributed by atoms with Crippen LogP contribution in [0.15, 0.2) is 18.5 Å². The van der Waals surface area contributed by atoms with E-state index in [2.05, 4.69) is 32.7 Å². The van der Waals surface area contributed by atoms with Crippen LogP contribution in [0.3, 0.4) is 0 Å². The summed E-state index contributed by atoms with van der Waals surface area (Å²) in [6.07, 6.45) is 3.64. The second kappa shape index (κ2) is 6.19. The van der Waals surface area contributed by atoms with E-state index < -0.39 is 6.10 Å². The number of nitrogens with zero attached hydrogens (tertiary/aromatic N) is 1. The fourth-order valence-corrected chi connectivity index (χ4v) is 1.69. The van der Waals surface area contributed by atoms with Crippen LogP contribution < -0.4 is 4.74 Å². The molecule has 0 bridgehead atoms. The van der Waals surface area contributed by atoms with E-state index in [1.165, 1.54) is 0 Å². The van der Waals surface area contributed by atoms with Gasteiger partial charge in [-0.25, -0.2) is 0 Å². The van der Waals surface area contributed by atoms with Gasteiger partial charge in [0.15, 0.2) is 0 Å². The molecule has 1 rings (SSSR count). The van der Waals surface area contributed by atoms with E-state index in [0.717, 1.165) is 17.7 Å². The number of aromatic nitrogens is 1. The van der Waals surface area contributed by atoms with Gasteiger partial charge in [0.25, 0.3) is 0 Å². The summed E-state index contributed by atoms with van der Waals surface area (Å²) in [7, 11) is 0. The van der Waals surface area contributed by atoms with Crippen molar-refractivity contribution in [3.05, 3.63) is 24.0 Å². The molecule has 0 fully saturated rings. The molecule has 102 valence electrons. The van der Waals surface area contributed by atoms with E-state index >= 15 is 0 Å². The average Bonchev–Trinajstić information content (AvgIpc) is 2.28. The minimum absolute atomic E-state index is 0.200. The number of aliphatic hydroxyl groups is 1.